The summed E-state index contributed by atoms with van der Waals surface area (Å²) in [5.41, 5.74) is 4.57. The Morgan fingerprint density at radius 2 is 2.17 bits per heavy atom. The zero-order chi connectivity index (χ0) is 16.9. The summed E-state index contributed by atoms with van der Waals surface area (Å²) in [6, 6.07) is 12.2. The van der Waals surface area contributed by atoms with Crippen molar-refractivity contribution in [1.82, 2.24) is 9.78 Å². The number of esters is 1. The van der Waals surface area contributed by atoms with E-state index in [9.17, 15) is 4.79 Å². The summed E-state index contributed by atoms with van der Waals surface area (Å²) in [7, 11) is 0. The molecule has 0 saturated heterocycles. The van der Waals surface area contributed by atoms with Crippen molar-refractivity contribution >= 4 is 17.6 Å². The molecule has 3 rings (SSSR count). The molecule has 2 aromatic rings. The number of hydrogen-bond acceptors (Lipinski definition) is 4. The molecule has 1 aliphatic rings. The maximum Gasteiger partial charge on any atom is 0.359 e. The van der Waals surface area contributed by atoms with Crippen LogP contribution in [-0.2, 0) is 17.7 Å². The highest BCUT2D eigenvalue weighted by Gasteiger charge is 2.30. The summed E-state index contributed by atoms with van der Waals surface area (Å²) in [5.74, 6) is -0.384. The maximum atomic E-state index is 12.2. The molecule has 0 aliphatic heterocycles. The van der Waals surface area contributed by atoms with E-state index >= 15 is 0 Å². The molecule has 122 valence electrons. The van der Waals surface area contributed by atoms with Crippen LogP contribution in [0.4, 0.5) is 0 Å². The molecule has 1 aromatic heterocycles. The Labute approximate surface area is 141 Å². The molecule has 1 aromatic carbocycles. The van der Waals surface area contributed by atoms with E-state index in [2.05, 4.69) is 17.2 Å². The standard InChI is InChI=1S/C19H19N3O2/c1-2-24-19(23)17-16-10-9-15(13-14-7-4-3-5-8-14)18(16)22(21-17)12-6-11-20/h3-5,7-8,13H,2,6,9-10,12H2,1H3. The summed E-state index contributed by atoms with van der Waals surface area (Å²) in [6.45, 7) is 2.58. The lowest BCUT2D eigenvalue weighted by Gasteiger charge is -2.05. The van der Waals surface area contributed by atoms with Crippen molar-refractivity contribution in [1.29, 1.82) is 5.26 Å². The molecule has 5 heteroatoms. The molecule has 0 radical (unpaired) electrons. The summed E-state index contributed by atoms with van der Waals surface area (Å²) in [6.07, 6.45) is 4.12. The molecule has 0 fully saturated rings. The minimum absolute atomic E-state index is 0.325. The molecule has 5 nitrogen and oxygen atoms in total. The second-order valence-corrected chi connectivity index (χ2v) is 5.61. The number of allylic oxidation sites excluding steroid dienone is 1. The van der Waals surface area contributed by atoms with E-state index < -0.39 is 0 Å². The molecule has 0 unspecified atom stereocenters. The minimum Gasteiger partial charge on any atom is -0.461 e. The van der Waals surface area contributed by atoms with Crippen molar-refractivity contribution < 1.29 is 9.53 Å². The lowest BCUT2D eigenvalue weighted by atomic mass is 10.1. The van der Waals surface area contributed by atoms with Gasteiger partial charge in [0.15, 0.2) is 5.69 Å². The van der Waals surface area contributed by atoms with E-state index in [4.69, 9.17) is 10.00 Å². The van der Waals surface area contributed by atoms with Gasteiger partial charge in [0.2, 0.25) is 0 Å². The lowest BCUT2D eigenvalue weighted by molar-refractivity contribution is 0.0517. The summed E-state index contributed by atoms with van der Waals surface area (Å²) >= 11 is 0. The first-order valence-corrected chi connectivity index (χ1v) is 8.14. The fourth-order valence-electron chi connectivity index (χ4n) is 3.05. The van der Waals surface area contributed by atoms with Crippen molar-refractivity contribution in [2.45, 2.75) is 32.7 Å². The number of carbonyl (C=O) groups excluding carboxylic acids is 1. The molecular weight excluding hydrogens is 302 g/mol. The van der Waals surface area contributed by atoms with E-state index in [-0.39, 0.29) is 5.97 Å². The van der Waals surface area contributed by atoms with E-state index in [1.54, 1.807) is 11.6 Å². The molecule has 0 N–H and O–H groups in total. The molecule has 0 spiro atoms. The molecule has 1 heterocycles. The summed E-state index contributed by atoms with van der Waals surface area (Å²) in [4.78, 5) is 12.2. The number of rotatable bonds is 5. The van der Waals surface area contributed by atoms with Gasteiger partial charge in [-0.1, -0.05) is 30.3 Å². The SMILES string of the molecule is CCOC(=O)c1nn(CCC#N)c2c1CCC2=Cc1ccccc1. The summed E-state index contributed by atoms with van der Waals surface area (Å²) in [5, 5.41) is 13.3. The first-order valence-electron chi connectivity index (χ1n) is 8.14. The van der Waals surface area contributed by atoms with Crippen LogP contribution in [0.25, 0.3) is 11.6 Å². The Bertz CT molecular complexity index is 813. The number of benzene rings is 1. The average molecular weight is 321 g/mol. The van der Waals surface area contributed by atoms with Crippen molar-refractivity contribution in [3.05, 3.63) is 52.8 Å². The molecule has 1 aliphatic carbocycles. The monoisotopic (exact) mass is 321 g/mol. The molecule has 0 bridgehead atoms. The van der Waals surface area contributed by atoms with Gasteiger partial charge in [-0.25, -0.2) is 4.79 Å². The Morgan fingerprint density at radius 1 is 1.38 bits per heavy atom. The van der Waals surface area contributed by atoms with Gasteiger partial charge in [0, 0.05) is 5.56 Å². The third-order valence-corrected chi connectivity index (χ3v) is 4.04. The maximum absolute atomic E-state index is 12.2. The second-order valence-electron chi connectivity index (χ2n) is 5.61. The number of nitrogens with zero attached hydrogens (tertiary/aromatic N) is 3. The van der Waals surface area contributed by atoms with Crippen molar-refractivity contribution in [3.8, 4) is 6.07 Å². The Hall–Kier alpha value is -2.87. The topological polar surface area (TPSA) is 67.9 Å². The molecular formula is C19H19N3O2. The zero-order valence-electron chi connectivity index (χ0n) is 13.7. The van der Waals surface area contributed by atoms with Crippen molar-refractivity contribution in [3.63, 3.8) is 0 Å². The van der Waals surface area contributed by atoms with Gasteiger partial charge in [-0.3, -0.25) is 4.68 Å². The van der Waals surface area contributed by atoms with E-state index in [0.29, 0.717) is 25.3 Å². The highest BCUT2D eigenvalue weighted by atomic mass is 16.5. The first-order chi connectivity index (χ1) is 11.7. The van der Waals surface area contributed by atoms with Crippen LogP contribution in [0.5, 0.6) is 0 Å². The Kier molecular flexibility index (Phi) is 4.76. The van der Waals surface area contributed by atoms with Crippen LogP contribution in [0.1, 0.15) is 47.1 Å². The zero-order valence-corrected chi connectivity index (χ0v) is 13.7. The second kappa shape index (κ2) is 7.14. The van der Waals surface area contributed by atoms with E-state index in [1.807, 2.05) is 30.3 Å². The van der Waals surface area contributed by atoms with E-state index in [0.717, 1.165) is 35.2 Å². The normalized spacial score (nSPS) is 14.4. The smallest absolute Gasteiger partial charge is 0.359 e. The molecule has 24 heavy (non-hydrogen) atoms. The minimum atomic E-state index is -0.384. The number of ether oxygens (including phenoxy) is 1. The third-order valence-electron chi connectivity index (χ3n) is 4.04. The van der Waals surface area contributed by atoms with Crippen LogP contribution in [0.3, 0.4) is 0 Å². The van der Waals surface area contributed by atoms with Crippen molar-refractivity contribution in [2.24, 2.45) is 0 Å². The molecule has 0 amide bonds. The van der Waals surface area contributed by atoms with E-state index in [1.165, 1.54) is 0 Å². The van der Waals surface area contributed by atoms with Gasteiger partial charge in [-0.05, 0) is 37.0 Å². The van der Waals surface area contributed by atoms with Gasteiger partial charge in [0.1, 0.15) is 0 Å². The van der Waals surface area contributed by atoms with Gasteiger partial charge in [0.25, 0.3) is 0 Å². The Balaban J connectivity index is 2.03. The fourth-order valence-corrected chi connectivity index (χ4v) is 3.05. The predicted molar refractivity (Wildman–Crippen MR) is 91.0 cm³/mol. The van der Waals surface area contributed by atoms with Crippen LogP contribution in [0.2, 0.25) is 0 Å². The number of nitriles is 1. The van der Waals surface area contributed by atoms with Gasteiger partial charge < -0.3 is 4.74 Å². The molecule has 0 saturated carbocycles. The fraction of sp³-hybridized carbons (Fsp3) is 0.316. The highest BCUT2D eigenvalue weighted by molar-refractivity contribution is 5.94. The number of fused-ring (bicyclic) bond motifs is 1. The Morgan fingerprint density at radius 3 is 2.88 bits per heavy atom. The van der Waals surface area contributed by atoms with Crippen LogP contribution in [-0.4, -0.2) is 22.4 Å². The van der Waals surface area contributed by atoms with Crippen LogP contribution in [0.15, 0.2) is 30.3 Å². The van der Waals surface area contributed by atoms with Crippen LogP contribution < -0.4 is 0 Å². The van der Waals surface area contributed by atoms with Gasteiger partial charge in [-0.2, -0.15) is 10.4 Å². The predicted octanol–water partition coefficient (Wildman–Crippen LogP) is 3.46. The third kappa shape index (κ3) is 3.09. The quantitative estimate of drug-likeness (QED) is 0.791. The highest BCUT2D eigenvalue weighted by Crippen LogP contribution is 2.36. The van der Waals surface area contributed by atoms with Crippen LogP contribution >= 0.6 is 0 Å². The largest absolute Gasteiger partial charge is 0.461 e. The number of aromatic nitrogens is 2. The first kappa shape index (κ1) is 16.0. The van der Waals surface area contributed by atoms with Gasteiger partial charge in [0.05, 0.1) is 31.3 Å². The summed E-state index contributed by atoms with van der Waals surface area (Å²) < 4.78 is 6.91. The number of aryl methyl sites for hydroxylation is 1. The number of hydrogen-bond donors (Lipinski definition) is 0. The average Bonchev–Trinajstić information content (AvgIpc) is 3.15. The van der Waals surface area contributed by atoms with Gasteiger partial charge in [-0.15, -0.1) is 0 Å². The number of carbonyl (C=O) groups is 1. The lowest BCUT2D eigenvalue weighted by Crippen LogP contribution is -2.09. The van der Waals surface area contributed by atoms with Crippen LogP contribution in [0, 0.1) is 11.3 Å². The van der Waals surface area contributed by atoms with Crippen molar-refractivity contribution in [2.75, 3.05) is 6.61 Å². The van der Waals surface area contributed by atoms with Gasteiger partial charge >= 0.3 is 5.97 Å². The molecule has 0 atom stereocenters.